The van der Waals surface area contributed by atoms with Crippen molar-refractivity contribution in [1.29, 1.82) is 0 Å². The Morgan fingerprint density at radius 3 is 2.57 bits per heavy atom. The predicted octanol–water partition coefficient (Wildman–Crippen LogP) is 3.38. The summed E-state index contributed by atoms with van der Waals surface area (Å²) in [5, 5.41) is 9.73. The number of fused-ring (bicyclic) bond motifs is 1. The van der Waals surface area contributed by atoms with E-state index in [-0.39, 0.29) is 5.56 Å². The van der Waals surface area contributed by atoms with Gasteiger partial charge in [0.05, 0.1) is 5.56 Å². The minimum Gasteiger partial charge on any atom is -0.489 e. The highest BCUT2D eigenvalue weighted by atomic mass is 16.5. The quantitative estimate of drug-likeness (QED) is 0.748. The minimum atomic E-state index is -0.961. The van der Waals surface area contributed by atoms with Crippen LogP contribution in [0, 0.1) is 6.92 Å². The van der Waals surface area contributed by atoms with Gasteiger partial charge < -0.3 is 14.3 Å². The molecule has 0 atom stereocenters. The first-order valence-electron chi connectivity index (χ1n) is 7.02. The highest BCUT2D eigenvalue weighted by molar-refractivity contribution is 5.87. The van der Waals surface area contributed by atoms with Crippen molar-refractivity contribution in [3.05, 3.63) is 75.6 Å². The van der Waals surface area contributed by atoms with Crippen LogP contribution in [0.1, 0.15) is 21.5 Å². The van der Waals surface area contributed by atoms with Crippen molar-refractivity contribution in [3.63, 3.8) is 0 Å². The van der Waals surface area contributed by atoms with Crippen LogP contribution in [-0.4, -0.2) is 11.1 Å². The van der Waals surface area contributed by atoms with E-state index < -0.39 is 11.6 Å². The van der Waals surface area contributed by atoms with Crippen molar-refractivity contribution in [1.82, 2.24) is 0 Å². The van der Waals surface area contributed by atoms with E-state index >= 15 is 0 Å². The summed E-state index contributed by atoms with van der Waals surface area (Å²) in [7, 11) is 0. The largest absolute Gasteiger partial charge is 0.489 e. The molecule has 0 saturated carbocycles. The predicted molar refractivity (Wildman–Crippen MR) is 85.0 cm³/mol. The lowest BCUT2D eigenvalue weighted by atomic mass is 10.1. The van der Waals surface area contributed by atoms with Crippen LogP contribution < -0.4 is 10.4 Å². The fourth-order valence-corrected chi connectivity index (χ4v) is 2.31. The van der Waals surface area contributed by atoms with Gasteiger partial charge in [-0.15, -0.1) is 0 Å². The van der Waals surface area contributed by atoms with E-state index in [4.69, 9.17) is 14.3 Å². The number of benzene rings is 2. The molecule has 5 nitrogen and oxygen atoms in total. The van der Waals surface area contributed by atoms with Crippen LogP contribution in [0.5, 0.6) is 5.75 Å². The van der Waals surface area contributed by atoms with Gasteiger partial charge in [-0.05, 0) is 42.3 Å². The number of hydrogen-bond donors (Lipinski definition) is 1. The van der Waals surface area contributed by atoms with Crippen molar-refractivity contribution in [2.75, 3.05) is 0 Å². The maximum absolute atomic E-state index is 11.4. The van der Waals surface area contributed by atoms with E-state index in [2.05, 4.69) is 0 Å². The molecule has 3 aromatic rings. The zero-order valence-electron chi connectivity index (χ0n) is 12.4. The summed E-state index contributed by atoms with van der Waals surface area (Å²) < 4.78 is 10.8. The Bertz CT molecular complexity index is 922. The van der Waals surface area contributed by atoms with Crippen LogP contribution >= 0.6 is 0 Å². The first-order valence-corrected chi connectivity index (χ1v) is 7.02. The molecule has 0 aliphatic rings. The summed E-state index contributed by atoms with van der Waals surface area (Å²) in [6.07, 6.45) is 0. The van der Waals surface area contributed by atoms with Gasteiger partial charge in [0.1, 0.15) is 17.9 Å². The molecule has 1 N–H and O–H groups in total. The molecule has 0 spiro atoms. The molecule has 5 heteroatoms. The number of rotatable bonds is 4. The first kappa shape index (κ1) is 14.8. The lowest BCUT2D eigenvalue weighted by molar-refractivity contribution is 0.0697. The molecule has 0 fully saturated rings. The first-order chi connectivity index (χ1) is 11.0. The monoisotopic (exact) mass is 310 g/mol. The summed E-state index contributed by atoms with van der Waals surface area (Å²) in [5.41, 5.74) is 2.02. The van der Waals surface area contributed by atoms with E-state index in [0.717, 1.165) is 16.5 Å². The summed E-state index contributed by atoms with van der Waals surface area (Å²) in [5.74, 6) is -0.383. The van der Waals surface area contributed by atoms with Crippen molar-refractivity contribution >= 4 is 16.9 Å². The number of carboxylic acids is 1. The van der Waals surface area contributed by atoms with Crippen molar-refractivity contribution < 1.29 is 19.1 Å². The van der Waals surface area contributed by atoms with Crippen LogP contribution in [0.4, 0.5) is 0 Å². The van der Waals surface area contributed by atoms with Crippen LogP contribution in [-0.2, 0) is 6.61 Å². The highest BCUT2D eigenvalue weighted by Crippen LogP contribution is 2.23. The Labute approximate surface area is 131 Å². The summed E-state index contributed by atoms with van der Waals surface area (Å²) >= 11 is 0. The van der Waals surface area contributed by atoms with E-state index in [1.165, 1.54) is 18.2 Å². The summed E-state index contributed by atoms with van der Waals surface area (Å²) in [6, 6.07) is 13.2. The second kappa shape index (κ2) is 5.96. The molecule has 0 saturated heterocycles. The molecule has 0 bridgehead atoms. The number of ether oxygens (including phenoxy) is 1. The Morgan fingerprint density at radius 1 is 1.13 bits per heavy atom. The smallest absolute Gasteiger partial charge is 0.336 e. The Balaban J connectivity index is 1.79. The Kier molecular flexibility index (Phi) is 3.85. The SMILES string of the molecule is Cc1cc(=O)oc2cc(OCc3ccc(C(=O)O)cc3)ccc12. The topological polar surface area (TPSA) is 76.7 Å². The fourth-order valence-electron chi connectivity index (χ4n) is 2.31. The average molecular weight is 310 g/mol. The molecule has 1 heterocycles. The Hall–Kier alpha value is -3.08. The maximum atomic E-state index is 11.4. The van der Waals surface area contributed by atoms with Crippen molar-refractivity contribution in [3.8, 4) is 5.75 Å². The van der Waals surface area contributed by atoms with Gasteiger partial charge in [0, 0.05) is 17.5 Å². The molecule has 2 aromatic carbocycles. The molecule has 3 rings (SSSR count). The lowest BCUT2D eigenvalue weighted by Gasteiger charge is -2.08. The molecule has 23 heavy (non-hydrogen) atoms. The second-order valence-electron chi connectivity index (χ2n) is 5.20. The summed E-state index contributed by atoms with van der Waals surface area (Å²) in [6.45, 7) is 2.14. The number of aromatic carboxylic acids is 1. The van der Waals surface area contributed by atoms with Gasteiger partial charge in [-0.3, -0.25) is 0 Å². The summed E-state index contributed by atoms with van der Waals surface area (Å²) in [4.78, 5) is 22.2. The second-order valence-corrected chi connectivity index (χ2v) is 5.20. The number of hydrogen-bond acceptors (Lipinski definition) is 4. The molecular formula is C18H14O5. The van der Waals surface area contributed by atoms with E-state index in [0.29, 0.717) is 17.9 Å². The third-order valence-corrected chi connectivity index (χ3v) is 3.53. The number of carboxylic acid groups (broad SMARTS) is 1. The van der Waals surface area contributed by atoms with Gasteiger partial charge in [-0.25, -0.2) is 9.59 Å². The van der Waals surface area contributed by atoms with Gasteiger partial charge in [0.15, 0.2) is 0 Å². The molecule has 0 aliphatic heterocycles. The van der Waals surface area contributed by atoms with Crippen LogP contribution in [0.2, 0.25) is 0 Å². The number of carbonyl (C=O) groups is 1. The van der Waals surface area contributed by atoms with Crippen LogP contribution in [0.3, 0.4) is 0 Å². The average Bonchev–Trinajstić information content (AvgIpc) is 2.52. The van der Waals surface area contributed by atoms with Gasteiger partial charge in [-0.2, -0.15) is 0 Å². The fraction of sp³-hybridized carbons (Fsp3) is 0.111. The van der Waals surface area contributed by atoms with Gasteiger partial charge in [0.25, 0.3) is 0 Å². The van der Waals surface area contributed by atoms with Crippen molar-refractivity contribution in [2.24, 2.45) is 0 Å². The van der Waals surface area contributed by atoms with Gasteiger partial charge in [-0.1, -0.05) is 12.1 Å². The van der Waals surface area contributed by atoms with Gasteiger partial charge in [0.2, 0.25) is 0 Å². The van der Waals surface area contributed by atoms with E-state index in [1.54, 1.807) is 24.3 Å². The molecule has 0 radical (unpaired) electrons. The molecule has 0 aliphatic carbocycles. The Morgan fingerprint density at radius 2 is 1.87 bits per heavy atom. The zero-order valence-corrected chi connectivity index (χ0v) is 12.4. The molecule has 0 amide bonds. The molecule has 0 unspecified atom stereocenters. The molecular weight excluding hydrogens is 296 g/mol. The van der Waals surface area contributed by atoms with E-state index in [9.17, 15) is 9.59 Å². The lowest BCUT2D eigenvalue weighted by Crippen LogP contribution is -2.00. The molecule has 1 aromatic heterocycles. The minimum absolute atomic E-state index is 0.233. The highest BCUT2D eigenvalue weighted by Gasteiger charge is 2.05. The molecule has 116 valence electrons. The van der Waals surface area contributed by atoms with Crippen molar-refractivity contribution in [2.45, 2.75) is 13.5 Å². The van der Waals surface area contributed by atoms with Crippen LogP contribution in [0.25, 0.3) is 11.0 Å². The third-order valence-electron chi connectivity index (χ3n) is 3.53. The standard InChI is InChI=1S/C18H14O5/c1-11-8-17(19)23-16-9-14(6-7-15(11)16)22-10-12-2-4-13(5-3-12)18(20)21/h2-9H,10H2,1H3,(H,20,21). The van der Waals surface area contributed by atoms with Gasteiger partial charge >= 0.3 is 11.6 Å². The number of aryl methyl sites for hydroxylation is 1. The zero-order chi connectivity index (χ0) is 16.4. The van der Waals surface area contributed by atoms with E-state index in [1.807, 2.05) is 13.0 Å². The third kappa shape index (κ3) is 3.23. The maximum Gasteiger partial charge on any atom is 0.336 e. The van der Waals surface area contributed by atoms with Crippen LogP contribution in [0.15, 0.2) is 57.7 Å². The normalized spacial score (nSPS) is 10.7.